The molecule has 1 atom stereocenters. The third kappa shape index (κ3) is 2.53. The van der Waals surface area contributed by atoms with Gasteiger partial charge < -0.3 is 4.55 Å². The lowest BCUT2D eigenvalue weighted by Gasteiger charge is -1.91. The molecule has 4 heteroatoms. The molecular formula is C6H7NOS2. The Labute approximate surface area is 66.7 Å². The first-order valence-electron chi connectivity index (χ1n) is 2.64. The fourth-order valence-corrected chi connectivity index (χ4v) is 1.44. The molecule has 1 heterocycles. The fourth-order valence-electron chi connectivity index (χ4n) is 0.515. The van der Waals surface area contributed by atoms with Crippen molar-refractivity contribution in [3.8, 4) is 0 Å². The smallest absolute Gasteiger partial charge is 0.138 e. The maximum Gasteiger partial charge on any atom is 0.138 e. The second-order valence-corrected chi connectivity index (χ2v) is 3.40. The van der Waals surface area contributed by atoms with Gasteiger partial charge in [-0.1, -0.05) is 0 Å². The average molecular weight is 173 g/mol. The van der Waals surface area contributed by atoms with Crippen molar-refractivity contribution in [3.05, 3.63) is 27.8 Å². The van der Waals surface area contributed by atoms with Crippen LogP contribution in [-0.4, -0.2) is 4.55 Å². The van der Waals surface area contributed by atoms with E-state index < -0.39 is 11.4 Å². The highest BCUT2D eigenvalue weighted by Gasteiger charge is 1.89. The van der Waals surface area contributed by atoms with Crippen molar-refractivity contribution in [1.29, 1.82) is 0 Å². The summed E-state index contributed by atoms with van der Waals surface area (Å²) < 4.78 is 10.3. The number of hydrogen-bond donors (Lipinski definition) is 1. The maximum absolute atomic E-state index is 10.3. The van der Waals surface area contributed by atoms with Gasteiger partial charge in [-0.15, -0.1) is 5.14 Å². The zero-order valence-corrected chi connectivity index (χ0v) is 6.82. The van der Waals surface area contributed by atoms with E-state index in [4.69, 9.17) is 5.14 Å². The van der Waals surface area contributed by atoms with Crippen LogP contribution in [0.25, 0.3) is 6.08 Å². The number of hydrogen-bond acceptors (Lipinski definition) is 3. The van der Waals surface area contributed by atoms with Gasteiger partial charge in [-0.25, -0.2) is 0 Å². The summed E-state index contributed by atoms with van der Waals surface area (Å²) in [6.45, 7) is 0. The van der Waals surface area contributed by atoms with Crippen LogP contribution < -0.4 is 5.14 Å². The molecule has 0 aliphatic carbocycles. The molecule has 0 radical (unpaired) electrons. The van der Waals surface area contributed by atoms with Crippen molar-refractivity contribution in [1.82, 2.24) is 0 Å². The summed E-state index contributed by atoms with van der Waals surface area (Å²) in [6, 6.07) is 1.94. The van der Waals surface area contributed by atoms with Gasteiger partial charge in [-0.3, -0.25) is 0 Å². The predicted molar refractivity (Wildman–Crippen MR) is 45.7 cm³/mol. The maximum atomic E-state index is 10.3. The second kappa shape index (κ2) is 3.78. The van der Waals surface area contributed by atoms with Crippen LogP contribution >= 0.6 is 11.3 Å². The first-order valence-corrected chi connectivity index (χ1v) is 4.86. The largest absolute Gasteiger partial charge is 0.594 e. The van der Waals surface area contributed by atoms with Crippen molar-refractivity contribution >= 4 is 28.8 Å². The molecule has 0 bridgehead atoms. The standard InChI is InChI=1S/C6H7NOS2/c7-10(8)4-2-6-1-3-9-5-6/h1-5H,7H2. The van der Waals surface area contributed by atoms with Crippen LogP contribution in [0.4, 0.5) is 0 Å². The molecular weight excluding hydrogens is 166 g/mol. The Hall–Kier alpha value is -0.290. The molecule has 1 unspecified atom stereocenters. The van der Waals surface area contributed by atoms with Crippen LogP contribution in [-0.2, 0) is 11.4 Å². The van der Waals surface area contributed by atoms with Crippen molar-refractivity contribution in [2.45, 2.75) is 0 Å². The minimum atomic E-state index is -1.33. The van der Waals surface area contributed by atoms with Gasteiger partial charge >= 0.3 is 0 Å². The van der Waals surface area contributed by atoms with Crippen molar-refractivity contribution in [3.63, 3.8) is 0 Å². The molecule has 0 saturated heterocycles. The van der Waals surface area contributed by atoms with E-state index in [2.05, 4.69) is 0 Å². The van der Waals surface area contributed by atoms with E-state index in [1.807, 2.05) is 16.8 Å². The SMILES string of the molecule is N[S+]([O-])C=Cc1ccsc1. The minimum Gasteiger partial charge on any atom is -0.594 e. The number of thiophene rings is 1. The summed E-state index contributed by atoms with van der Waals surface area (Å²) in [4.78, 5) is 0. The molecule has 10 heavy (non-hydrogen) atoms. The topological polar surface area (TPSA) is 49.1 Å². The lowest BCUT2D eigenvalue weighted by atomic mass is 10.3. The Morgan fingerprint density at radius 1 is 1.70 bits per heavy atom. The lowest BCUT2D eigenvalue weighted by molar-refractivity contribution is 0.605. The van der Waals surface area contributed by atoms with Gasteiger partial charge in [0, 0.05) is 0 Å². The summed E-state index contributed by atoms with van der Waals surface area (Å²) in [5.74, 6) is 0. The monoisotopic (exact) mass is 173 g/mol. The minimum absolute atomic E-state index is 1.05. The van der Waals surface area contributed by atoms with Crippen LogP contribution in [0, 0.1) is 0 Å². The first kappa shape index (κ1) is 7.81. The van der Waals surface area contributed by atoms with Gasteiger partial charge in [0.1, 0.15) is 5.41 Å². The van der Waals surface area contributed by atoms with Crippen LogP contribution in [0.3, 0.4) is 0 Å². The Kier molecular flexibility index (Phi) is 2.95. The van der Waals surface area contributed by atoms with Crippen molar-refractivity contribution < 1.29 is 4.55 Å². The van der Waals surface area contributed by atoms with Gasteiger partial charge in [0.15, 0.2) is 0 Å². The zero-order chi connectivity index (χ0) is 7.40. The quantitative estimate of drug-likeness (QED) is 0.686. The fraction of sp³-hybridized carbons (Fsp3) is 0. The molecule has 1 aromatic rings. The van der Waals surface area contributed by atoms with E-state index in [0.29, 0.717) is 0 Å². The van der Waals surface area contributed by atoms with Crippen LogP contribution in [0.5, 0.6) is 0 Å². The van der Waals surface area contributed by atoms with E-state index in [9.17, 15) is 4.55 Å². The van der Waals surface area contributed by atoms with Crippen LogP contribution in [0.2, 0.25) is 0 Å². The average Bonchev–Trinajstić information content (AvgIpc) is 2.34. The highest BCUT2D eigenvalue weighted by atomic mass is 32.2. The molecule has 0 aromatic carbocycles. The summed E-state index contributed by atoms with van der Waals surface area (Å²) >= 11 is 0.274. The second-order valence-electron chi connectivity index (χ2n) is 1.69. The highest BCUT2D eigenvalue weighted by molar-refractivity contribution is 7.92. The predicted octanol–water partition coefficient (Wildman–Crippen LogP) is 1.34. The molecule has 0 spiro atoms. The van der Waals surface area contributed by atoms with E-state index >= 15 is 0 Å². The molecule has 54 valence electrons. The molecule has 2 N–H and O–H groups in total. The summed E-state index contributed by atoms with van der Waals surface area (Å²) in [5, 5.41) is 10.4. The van der Waals surface area contributed by atoms with E-state index in [0.717, 1.165) is 5.56 Å². The molecule has 0 saturated carbocycles. The first-order chi connectivity index (χ1) is 4.79. The summed E-state index contributed by atoms with van der Waals surface area (Å²) in [7, 11) is 0. The lowest BCUT2D eigenvalue weighted by Crippen LogP contribution is -2.06. The Bertz CT molecular complexity index is 206. The molecule has 2 nitrogen and oxygen atoms in total. The Balaban J connectivity index is 2.55. The van der Waals surface area contributed by atoms with Crippen LogP contribution in [0.15, 0.2) is 22.2 Å². The molecule has 0 fully saturated rings. The molecule has 0 amide bonds. The number of nitrogens with two attached hydrogens (primary N) is 1. The van der Waals surface area contributed by atoms with Gasteiger partial charge in [0.2, 0.25) is 0 Å². The molecule has 0 aliphatic heterocycles. The molecule has 0 aliphatic rings. The van der Waals surface area contributed by atoms with E-state index in [-0.39, 0.29) is 0 Å². The van der Waals surface area contributed by atoms with E-state index in [1.54, 1.807) is 17.4 Å². The highest BCUT2D eigenvalue weighted by Crippen LogP contribution is 2.07. The third-order valence-electron chi connectivity index (χ3n) is 0.938. The molecule has 1 aromatic heterocycles. The zero-order valence-electron chi connectivity index (χ0n) is 5.19. The van der Waals surface area contributed by atoms with Gasteiger partial charge in [0.25, 0.3) is 0 Å². The van der Waals surface area contributed by atoms with Crippen molar-refractivity contribution in [2.24, 2.45) is 5.14 Å². The van der Waals surface area contributed by atoms with Crippen LogP contribution in [0.1, 0.15) is 5.56 Å². The summed E-state index contributed by atoms with van der Waals surface area (Å²) in [6.07, 6.45) is 1.74. The van der Waals surface area contributed by atoms with Gasteiger partial charge in [-0.05, 0) is 28.5 Å². The van der Waals surface area contributed by atoms with Gasteiger partial charge in [0.05, 0.1) is 11.4 Å². The number of rotatable bonds is 2. The van der Waals surface area contributed by atoms with Crippen molar-refractivity contribution in [2.75, 3.05) is 0 Å². The Morgan fingerprint density at radius 2 is 2.50 bits per heavy atom. The van der Waals surface area contributed by atoms with Gasteiger partial charge in [-0.2, -0.15) is 11.3 Å². The third-order valence-corrected chi connectivity index (χ3v) is 2.04. The van der Waals surface area contributed by atoms with E-state index in [1.165, 1.54) is 5.41 Å². The molecule has 1 rings (SSSR count). The normalized spacial score (nSPS) is 14.2. The summed E-state index contributed by atoms with van der Waals surface area (Å²) in [5.41, 5.74) is 1.05. The Morgan fingerprint density at radius 3 is 3.00 bits per heavy atom.